The lowest BCUT2D eigenvalue weighted by Gasteiger charge is -2.13. The molecule has 11 nitrogen and oxygen atoms in total. The van der Waals surface area contributed by atoms with E-state index in [1.165, 1.54) is 13.4 Å². The van der Waals surface area contributed by atoms with Gasteiger partial charge in [-0.15, -0.1) is 5.10 Å². The van der Waals surface area contributed by atoms with Gasteiger partial charge in [0.05, 0.1) is 49.5 Å². The van der Waals surface area contributed by atoms with Gasteiger partial charge in [0, 0.05) is 24.9 Å². The molecule has 0 radical (unpaired) electrons. The van der Waals surface area contributed by atoms with Crippen LogP contribution in [-0.2, 0) is 31.1 Å². The van der Waals surface area contributed by atoms with Crippen LogP contribution in [0.15, 0.2) is 60.6 Å². The zero-order valence-electron chi connectivity index (χ0n) is 20.7. The second-order valence-corrected chi connectivity index (χ2v) is 7.91. The van der Waals surface area contributed by atoms with Crippen molar-refractivity contribution in [2.24, 2.45) is 12.0 Å². The Morgan fingerprint density at radius 2 is 1.92 bits per heavy atom. The summed E-state index contributed by atoms with van der Waals surface area (Å²) < 4.78 is 58.2. The maximum atomic E-state index is 12.8. The Morgan fingerprint density at radius 1 is 1.11 bits per heavy atom. The van der Waals surface area contributed by atoms with Gasteiger partial charge in [0.15, 0.2) is 0 Å². The molecule has 0 spiro atoms. The molecule has 0 atom stereocenters. The van der Waals surface area contributed by atoms with Crippen molar-refractivity contribution >= 4 is 11.6 Å². The van der Waals surface area contributed by atoms with E-state index < -0.39 is 11.7 Å². The second-order valence-electron chi connectivity index (χ2n) is 7.91. The first kappa shape index (κ1) is 26.3. The van der Waals surface area contributed by atoms with Crippen molar-refractivity contribution in [2.45, 2.75) is 19.3 Å². The first-order chi connectivity index (χ1) is 18.2. The van der Waals surface area contributed by atoms with E-state index in [2.05, 4.69) is 37.2 Å². The van der Waals surface area contributed by atoms with Crippen molar-refractivity contribution in [3.05, 3.63) is 83.6 Å². The number of rotatable bonds is 9. The molecule has 0 fully saturated rings. The zero-order valence-corrected chi connectivity index (χ0v) is 20.7. The van der Waals surface area contributed by atoms with Crippen LogP contribution in [0.2, 0.25) is 0 Å². The van der Waals surface area contributed by atoms with E-state index >= 15 is 0 Å². The fourth-order valence-corrected chi connectivity index (χ4v) is 3.51. The fraction of sp³-hybridized carbons (Fsp3) is 0.250. The molecule has 3 heterocycles. The average molecular weight is 528 g/mol. The van der Waals surface area contributed by atoms with E-state index in [4.69, 9.17) is 14.2 Å². The molecular weight excluding hydrogens is 505 g/mol. The van der Waals surface area contributed by atoms with Crippen molar-refractivity contribution in [2.75, 3.05) is 14.2 Å². The first-order valence-electron chi connectivity index (χ1n) is 11.1. The topological polar surface area (TPSA) is 114 Å². The third-order valence-electron chi connectivity index (χ3n) is 5.45. The zero-order chi connectivity index (χ0) is 27.3. The maximum absolute atomic E-state index is 12.8. The van der Waals surface area contributed by atoms with Gasteiger partial charge < -0.3 is 14.2 Å². The van der Waals surface area contributed by atoms with Gasteiger partial charge in [-0.1, -0.05) is 12.6 Å². The molecule has 0 amide bonds. The van der Waals surface area contributed by atoms with Crippen LogP contribution in [0.25, 0.3) is 5.70 Å². The lowest BCUT2D eigenvalue weighted by atomic mass is 10.1. The number of aryl methyl sites for hydroxylation is 1. The molecule has 198 valence electrons. The molecule has 0 unspecified atom stereocenters. The van der Waals surface area contributed by atoms with Gasteiger partial charge in [-0.2, -0.15) is 18.3 Å². The van der Waals surface area contributed by atoms with E-state index in [0.29, 0.717) is 41.0 Å². The number of hydrogen-bond acceptors (Lipinski definition) is 9. The molecule has 0 N–H and O–H groups in total. The summed E-state index contributed by atoms with van der Waals surface area (Å²) in [4.78, 5) is 8.31. The average Bonchev–Trinajstić information content (AvgIpc) is 3.55. The normalized spacial score (nSPS) is 11.9. The van der Waals surface area contributed by atoms with E-state index in [1.807, 2.05) is 12.1 Å². The van der Waals surface area contributed by atoms with Crippen LogP contribution in [-0.4, -0.2) is 55.1 Å². The summed E-state index contributed by atoms with van der Waals surface area (Å²) in [6, 6.07) is 7.59. The van der Waals surface area contributed by atoms with Crippen LogP contribution in [0.1, 0.15) is 27.9 Å². The largest absolute Gasteiger partial charge is 0.496 e. The predicted octanol–water partition coefficient (Wildman–Crippen LogP) is 3.52. The van der Waals surface area contributed by atoms with Crippen molar-refractivity contribution in [1.29, 1.82) is 0 Å². The quantitative estimate of drug-likeness (QED) is 0.240. The Bertz CT molecular complexity index is 1430. The number of alkyl halides is 3. The smallest absolute Gasteiger partial charge is 0.417 e. The van der Waals surface area contributed by atoms with Crippen molar-refractivity contribution < 1.29 is 27.4 Å². The highest BCUT2D eigenvalue weighted by Gasteiger charge is 2.30. The van der Waals surface area contributed by atoms with E-state index in [1.54, 1.807) is 35.8 Å². The number of benzene rings is 1. The first-order valence-corrected chi connectivity index (χ1v) is 11.1. The predicted molar refractivity (Wildman–Crippen MR) is 129 cm³/mol. The number of methoxy groups -OCH3 is 2. The Kier molecular flexibility index (Phi) is 7.69. The fourth-order valence-electron chi connectivity index (χ4n) is 3.51. The minimum Gasteiger partial charge on any atom is -0.496 e. The van der Waals surface area contributed by atoms with Crippen molar-refractivity contribution in [3.63, 3.8) is 0 Å². The van der Waals surface area contributed by atoms with Crippen LogP contribution in [0.4, 0.5) is 13.2 Å². The molecule has 3 aromatic heterocycles. The molecule has 4 rings (SSSR count). The Labute approximate surface area is 215 Å². The van der Waals surface area contributed by atoms with Crippen LogP contribution < -0.4 is 9.47 Å². The van der Waals surface area contributed by atoms with Gasteiger partial charge in [0.2, 0.25) is 11.8 Å². The van der Waals surface area contributed by atoms with Gasteiger partial charge in [-0.3, -0.25) is 4.68 Å². The molecular formula is C24H23F3N8O3. The maximum Gasteiger partial charge on any atom is 0.417 e. The lowest BCUT2D eigenvalue weighted by molar-refractivity contribution is -0.137. The van der Waals surface area contributed by atoms with Gasteiger partial charge in [0.1, 0.15) is 18.7 Å². The highest BCUT2D eigenvalue weighted by molar-refractivity contribution is 5.98. The Morgan fingerprint density at radius 3 is 2.55 bits per heavy atom. The summed E-state index contributed by atoms with van der Waals surface area (Å²) in [6.45, 7) is 4.47. The number of ether oxygens (including phenoxy) is 3. The van der Waals surface area contributed by atoms with Gasteiger partial charge >= 0.3 is 6.18 Å². The number of aromatic nitrogens is 7. The van der Waals surface area contributed by atoms with Crippen LogP contribution in [0.3, 0.4) is 0 Å². The molecule has 38 heavy (non-hydrogen) atoms. The van der Waals surface area contributed by atoms with E-state index in [9.17, 15) is 13.2 Å². The number of nitrogens with zero attached hydrogens (tertiary/aromatic N) is 8. The number of aliphatic imine (C=N–C) groups is 1. The minimum absolute atomic E-state index is 0.0228. The number of tetrazole rings is 1. The summed E-state index contributed by atoms with van der Waals surface area (Å²) in [5.41, 5.74) is 2.07. The molecule has 0 aliphatic carbocycles. The second kappa shape index (κ2) is 11.1. The molecule has 0 aliphatic heterocycles. The highest BCUT2D eigenvalue weighted by atomic mass is 19.4. The Balaban J connectivity index is 1.57. The van der Waals surface area contributed by atoms with E-state index in [0.717, 1.165) is 17.7 Å². The third kappa shape index (κ3) is 5.96. The van der Waals surface area contributed by atoms with E-state index in [-0.39, 0.29) is 18.4 Å². The van der Waals surface area contributed by atoms with Crippen LogP contribution in [0.5, 0.6) is 11.6 Å². The Hall–Kier alpha value is -4.75. The van der Waals surface area contributed by atoms with Gasteiger partial charge in [-0.05, 0) is 34.2 Å². The van der Waals surface area contributed by atoms with Gasteiger partial charge in [-0.25, -0.2) is 14.7 Å². The number of halogens is 3. The summed E-state index contributed by atoms with van der Waals surface area (Å²) in [5.74, 6) is 0.780. The molecule has 0 saturated carbocycles. The minimum atomic E-state index is -4.48. The molecule has 0 bridgehead atoms. The molecule has 14 heteroatoms. The molecule has 0 saturated heterocycles. The molecule has 0 aliphatic rings. The monoisotopic (exact) mass is 528 g/mol. The number of hydrogen-bond donors (Lipinski definition) is 0. The van der Waals surface area contributed by atoms with Crippen molar-refractivity contribution in [3.8, 4) is 11.6 Å². The summed E-state index contributed by atoms with van der Waals surface area (Å²) in [7, 11) is 4.68. The van der Waals surface area contributed by atoms with Crippen LogP contribution >= 0.6 is 0 Å². The third-order valence-corrected chi connectivity index (χ3v) is 5.45. The molecule has 1 aromatic carbocycles. The van der Waals surface area contributed by atoms with Gasteiger partial charge in [0.25, 0.3) is 0 Å². The molecule has 4 aromatic rings. The highest BCUT2D eigenvalue weighted by Crippen LogP contribution is 2.30. The summed E-state index contributed by atoms with van der Waals surface area (Å²) >= 11 is 0. The lowest BCUT2D eigenvalue weighted by Crippen LogP contribution is -2.12. The summed E-state index contributed by atoms with van der Waals surface area (Å²) in [5, 5.41) is 15.4. The summed E-state index contributed by atoms with van der Waals surface area (Å²) in [6.07, 6.45) is -0.721. The number of pyridine rings is 1. The SMILES string of the molecule is C=C(N=C(OC)c1cnn(C)c1COc1ccc(C(F)(F)F)cn1)c1cc(Cn2cnnn2)ccc1OC. The van der Waals surface area contributed by atoms with Crippen LogP contribution in [0, 0.1) is 0 Å². The standard InChI is InChI=1S/C24H23F3N8O3/c1-15(18-9-16(5-7-21(18)36-3)12-35-14-29-32-33-35)31-23(37-4)19-11-30-34(2)20(19)13-38-22-8-6-17(10-28-22)24(25,26)27/h5-11,14H,1,12-13H2,2-4H3. The van der Waals surface area contributed by atoms with Crippen molar-refractivity contribution in [1.82, 2.24) is 35.0 Å².